The lowest BCUT2D eigenvalue weighted by molar-refractivity contribution is 0.295. The SMILES string of the molecule is C=C(OCC)c1c(CN)cnn1C. The number of nitrogens with zero attached hydrogens (tertiary/aromatic N) is 2. The third-order valence-corrected chi connectivity index (χ3v) is 1.82. The molecule has 0 radical (unpaired) electrons. The van der Waals surface area contributed by atoms with Crippen LogP contribution < -0.4 is 5.73 Å². The highest BCUT2D eigenvalue weighted by atomic mass is 16.5. The van der Waals surface area contributed by atoms with E-state index in [2.05, 4.69) is 11.7 Å². The van der Waals surface area contributed by atoms with E-state index in [0.29, 0.717) is 18.9 Å². The Morgan fingerprint density at radius 3 is 3.00 bits per heavy atom. The molecule has 0 atom stereocenters. The van der Waals surface area contributed by atoms with Crippen LogP contribution in [0.5, 0.6) is 0 Å². The first-order valence-corrected chi connectivity index (χ1v) is 4.23. The predicted molar refractivity (Wildman–Crippen MR) is 51.8 cm³/mol. The van der Waals surface area contributed by atoms with Gasteiger partial charge in [-0.25, -0.2) is 0 Å². The molecule has 0 unspecified atom stereocenters. The molecule has 0 saturated carbocycles. The van der Waals surface area contributed by atoms with Crippen molar-refractivity contribution in [2.45, 2.75) is 13.5 Å². The molecule has 13 heavy (non-hydrogen) atoms. The van der Waals surface area contributed by atoms with E-state index < -0.39 is 0 Å². The summed E-state index contributed by atoms with van der Waals surface area (Å²) in [6.07, 6.45) is 1.74. The number of hydrogen-bond donors (Lipinski definition) is 1. The molecular formula is C9H15N3O. The Morgan fingerprint density at radius 1 is 1.77 bits per heavy atom. The van der Waals surface area contributed by atoms with E-state index in [0.717, 1.165) is 11.3 Å². The second-order valence-electron chi connectivity index (χ2n) is 2.70. The normalized spacial score (nSPS) is 10.1. The summed E-state index contributed by atoms with van der Waals surface area (Å²) in [5, 5.41) is 4.09. The van der Waals surface area contributed by atoms with Gasteiger partial charge in [0.1, 0.15) is 11.5 Å². The zero-order valence-electron chi connectivity index (χ0n) is 8.08. The monoisotopic (exact) mass is 181 g/mol. The van der Waals surface area contributed by atoms with Gasteiger partial charge in [-0.1, -0.05) is 6.58 Å². The maximum atomic E-state index is 5.55. The fraction of sp³-hybridized carbons (Fsp3) is 0.444. The molecule has 72 valence electrons. The summed E-state index contributed by atoms with van der Waals surface area (Å²) in [4.78, 5) is 0. The lowest BCUT2D eigenvalue weighted by Gasteiger charge is -2.08. The van der Waals surface area contributed by atoms with Crippen LogP contribution in [0.15, 0.2) is 12.8 Å². The number of rotatable bonds is 4. The van der Waals surface area contributed by atoms with Crippen molar-refractivity contribution in [2.75, 3.05) is 6.61 Å². The first-order chi connectivity index (χ1) is 6.20. The molecule has 0 aliphatic rings. The fourth-order valence-electron chi connectivity index (χ4n) is 1.23. The largest absolute Gasteiger partial charge is 0.492 e. The van der Waals surface area contributed by atoms with E-state index in [4.69, 9.17) is 10.5 Å². The molecule has 0 aliphatic carbocycles. The van der Waals surface area contributed by atoms with Gasteiger partial charge in [-0.05, 0) is 6.92 Å². The first-order valence-electron chi connectivity index (χ1n) is 4.23. The maximum Gasteiger partial charge on any atom is 0.137 e. The Kier molecular flexibility index (Phi) is 3.08. The van der Waals surface area contributed by atoms with E-state index in [1.807, 2.05) is 14.0 Å². The van der Waals surface area contributed by atoms with Crippen molar-refractivity contribution in [3.63, 3.8) is 0 Å². The lowest BCUT2D eigenvalue weighted by Crippen LogP contribution is -2.04. The van der Waals surface area contributed by atoms with Crippen LogP contribution in [0.3, 0.4) is 0 Å². The van der Waals surface area contributed by atoms with Crippen molar-refractivity contribution in [2.24, 2.45) is 12.8 Å². The van der Waals surface area contributed by atoms with Crippen LogP contribution >= 0.6 is 0 Å². The first kappa shape index (κ1) is 9.80. The highest BCUT2D eigenvalue weighted by Crippen LogP contribution is 2.17. The molecule has 4 nitrogen and oxygen atoms in total. The van der Waals surface area contributed by atoms with Gasteiger partial charge < -0.3 is 10.5 Å². The summed E-state index contributed by atoms with van der Waals surface area (Å²) in [6, 6.07) is 0. The van der Waals surface area contributed by atoms with Crippen LogP contribution in [0.1, 0.15) is 18.2 Å². The summed E-state index contributed by atoms with van der Waals surface area (Å²) in [6.45, 7) is 6.80. The van der Waals surface area contributed by atoms with Gasteiger partial charge in [0, 0.05) is 19.2 Å². The van der Waals surface area contributed by atoms with Crippen LogP contribution in [-0.2, 0) is 18.3 Å². The molecule has 1 aromatic rings. The van der Waals surface area contributed by atoms with Crippen molar-refractivity contribution >= 4 is 5.76 Å². The van der Waals surface area contributed by atoms with Crippen LogP contribution in [0.25, 0.3) is 5.76 Å². The highest BCUT2D eigenvalue weighted by molar-refractivity contribution is 5.57. The minimum Gasteiger partial charge on any atom is -0.492 e. The van der Waals surface area contributed by atoms with Gasteiger partial charge in [-0.2, -0.15) is 5.10 Å². The summed E-state index contributed by atoms with van der Waals surface area (Å²) in [7, 11) is 1.85. The number of aromatic nitrogens is 2. The molecule has 0 saturated heterocycles. The molecule has 2 N–H and O–H groups in total. The molecule has 1 aromatic heterocycles. The van der Waals surface area contributed by atoms with Crippen LogP contribution in [0.2, 0.25) is 0 Å². The van der Waals surface area contributed by atoms with Crippen molar-refractivity contribution in [1.29, 1.82) is 0 Å². The van der Waals surface area contributed by atoms with Crippen molar-refractivity contribution in [1.82, 2.24) is 9.78 Å². The number of ether oxygens (including phenoxy) is 1. The average Bonchev–Trinajstić information content (AvgIpc) is 2.47. The van der Waals surface area contributed by atoms with E-state index in [-0.39, 0.29) is 0 Å². The lowest BCUT2D eigenvalue weighted by atomic mass is 10.2. The maximum absolute atomic E-state index is 5.55. The number of hydrogen-bond acceptors (Lipinski definition) is 3. The molecular weight excluding hydrogens is 166 g/mol. The Balaban J connectivity index is 2.96. The summed E-state index contributed by atoms with van der Waals surface area (Å²) < 4.78 is 7.02. The van der Waals surface area contributed by atoms with Gasteiger partial charge in [0.25, 0.3) is 0 Å². The van der Waals surface area contributed by atoms with E-state index in [1.165, 1.54) is 0 Å². The molecule has 0 fully saturated rings. The Hall–Kier alpha value is -1.29. The molecule has 0 aromatic carbocycles. The standard InChI is InChI=1S/C9H15N3O/c1-4-13-7(2)9-8(5-10)6-11-12(9)3/h6H,2,4-5,10H2,1,3H3. The van der Waals surface area contributed by atoms with Gasteiger partial charge in [0.2, 0.25) is 0 Å². The van der Waals surface area contributed by atoms with E-state index in [1.54, 1.807) is 10.9 Å². The fourth-order valence-corrected chi connectivity index (χ4v) is 1.23. The number of aryl methyl sites for hydroxylation is 1. The Labute approximate surface area is 78.0 Å². The van der Waals surface area contributed by atoms with Gasteiger partial charge in [0.05, 0.1) is 12.8 Å². The summed E-state index contributed by atoms with van der Waals surface area (Å²) >= 11 is 0. The zero-order chi connectivity index (χ0) is 9.84. The molecule has 4 heteroatoms. The van der Waals surface area contributed by atoms with Crippen molar-refractivity contribution in [3.8, 4) is 0 Å². The van der Waals surface area contributed by atoms with Gasteiger partial charge in [-0.3, -0.25) is 4.68 Å². The van der Waals surface area contributed by atoms with E-state index >= 15 is 0 Å². The van der Waals surface area contributed by atoms with Crippen LogP contribution in [0, 0.1) is 0 Å². The number of nitrogens with two attached hydrogens (primary N) is 1. The second kappa shape index (κ2) is 4.09. The molecule has 0 amide bonds. The predicted octanol–water partition coefficient (Wildman–Crippen LogP) is 0.886. The minimum absolute atomic E-state index is 0.454. The second-order valence-corrected chi connectivity index (χ2v) is 2.70. The van der Waals surface area contributed by atoms with Gasteiger partial charge in [0.15, 0.2) is 0 Å². The van der Waals surface area contributed by atoms with Gasteiger partial charge in [-0.15, -0.1) is 0 Å². The smallest absolute Gasteiger partial charge is 0.137 e. The third-order valence-electron chi connectivity index (χ3n) is 1.82. The topological polar surface area (TPSA) is 53.1 Å². The van der Waals surface area contributed by atoms with Crippen molar-refractivity contribution < 1.29 is 4.74 Å². The van der Waals surface area contributed by atoms with Crippen LogP contribution in [-0.4, -0.2) is 16.4 Å². The third kappa shape index (κ3) is 1.89. The van der Waals surface area contributed by atoms with E-state index in [9.17, 15) is 0 Å². The summed E-state index contributed by atoms with van der Waals surface area (Å²) in [5.41, 5.74) is 7.39. The molecule has 0 spiro atoms. The molecule has 1 heterocycles. The van der Waals surface area contributed by atoms with Crippen molar-refractivity contribution in [3.05, 3.63) is 24.0 Å². The van der Waals surface area contributed by atoms with Gasteiger partial charge >= 0.3 is 0 Å². The highest BCUT2D eigenvalue weighted by Gasteiger charge is 2.10. The minimum atomic E-state index is 0.454. The summed E-state index contributed by atoms with van der Waals surface area (Å²) in [5.74, 6) is 0.628. The Bertz CT molecular complexity index is 304. The Morgan fingerprint density at radius 2 is 2.46 bits per heavy atom. The molecule has 1 rings (SSSR count). The zero-order valence-corrected chi connectivity index (χ0v) is 8.08. The quantitative estimate of drug-likeness (QED) is 0.702. The molecule has 0 bridgehead atoms. The molecule has 0 aliphatic heterocycles. The van der Waals surface area contributed by atoms with Crippen LogP contribution in [0.4, 0.5) is 0 Å². The average molecular weight is 181 g/mol.